The normalized spacial score (nSPS) is 14.0. The van der Waals surface area contributed by atoms with Crippen LogP contribution in [0.4, 0.5) is 11.4 Å². The Bertz CT molecular complexity index is 1080. The van der Waals surface area contributed by atoms with Gasteiger partial charge in [0.2, 0.25) is 0 Å². The van der Waals surface area contributed by atoms with E-state index in [1.165, 1.54) is 12.1 Å². The Labute approximate surface area is 188 Å². The summed E-state index contributed by atoms with van der Waals surface area (Å²) in [7, 11) is 0. The smallest absolute Gasteiger partial charge is 0.269 e. The van der Waals surface area contributed by atoms with Gasteiger partial charge < -0.3 is 9.80 Å². The molecule has 1 fully saturated rings. The van der Waals surface area contributed by atoms with Crippen molar-refractivity contribution in [2.45, 2.75) is 17.6 Å². The molecule has 31 heavy (non-hydrogen) atoms. The number of hydrogen-bond acceptors (Lipinski definition) is 7. The number of anilines is 1. The van der Waals surface area contributed by atoms with Crippen molar-refractivity contribution in [3.63, 3.8) is 0 Å². The molecule has 1 saturated heterocycles. The molecule has 0 unspecified atom stereocenters. The Morgan fingerprint density at radius 2 is 1.84 bits per heavy atom. The topological polar surface area (TPSA) is 79.6 Å². The average molecular weight is 455 g/mol. The van der Waals surface area contributed by atoms with Crippen molar-refractivity contribution in [1.82, 2.24) is 9.88 Å². The molecule has 0 saturated carbocycles. The van der Waals surface area contributed by atoms with Crippen LogP contribution < -0.4 is 4.90 Å². The molecule has 0 atom stereocenters. The molecule has 1 amide bonds. The highest BCUT2D eigenvalue weighted by molar-refractivity contribution is 7.98. The van der Waals surface area contributed by atoms with Crippen LogP contribution in [0.2, 0.25) is 0 Å². The van der Waals surface area contributed by atoms with Crippen molar-refractivity contribution < 1.29 is 9.72 Å². The summed E-state index contributed by atoms with van der Waals surface area (Å²) < 4.78 is 0. The Hall–Kier alpha value is -2.91. The van der Waals surface area contributed by atoms with Crippen LogP contribution in [-0.4, -0.2) is 46.9 Å². The quantitative estimate of drug-likeness (QED) is 0.307. The maximum atomic E-state index is 13.2. The molecular formula is C22H22N4O3S2. The fraction of sp³-hybridized carbons (Fsp3) is 0.273. The molecule has 0 N–H and O–H groups in total. The number of nitro benzene ring substituents is 1. The maximum Gasteiger partial charge on any atom is 0.269 e. The Morgan fingerprint density at radius 3 is 2.48 bits per heavy atom. The van der Waals surface area contributed by atoms with Crippen molar-refractivity contribution in [2.75, 3.05) is 31.1 Å². The summed E-state index contributed by atoms with van der Waals surface area (Å²) in [6.45, 7) is 4.60. The number of hydrogen-bond donors (Lipinski definition) is 0. The fourth-order valence-corrected chi connectivity index (χ4v) is 5.17. The lowest BCUT2D eigenvalue weighted by atomic mass is 10.1. The van der Waals surface area contributed by atoms with Gasteiger partial charge in [0.15, 0.2) is 0 Å². The number of benzene rings is 2. The first kappa shape index (κ1) is 21.3. The van der Waals surface area contributed by atoms with Crippen LogP contribution >= 0.6 is 23.1 Å². The van der Waals surface area contributed by atoms with Gasteiger partial charge in [0.1, 0.15) is 0 Å². The van der Waals surface area contributed by atoms with Gasteiger partial charge in [-0.1, -0.05) is 12.1 Å². The minimum Gasteiger partial charge on any atom is -0.368 e. The van der Waals surface area contributed by atoms with Crippen LogP contribution in [0.5, 0.6) is 0 Å². The van der Waals surface area contributed by atoms with Crippen LogP contribution in [0.15, 0.2) is 58.8 Å². The van der Waals surface area contributed by atoms with Gasteiger partial charge in [-0.15, -0.1) is 23.1 Å². The second-order valence-electron chi connectivity index (χ2n) is 7.20. The first-order valence-corrected chi connectivity index (χ1v) is 11.8. The highest BCUT2D eigenvalue weighted by atomic mass is 32.2. The van der Waals surface area contributed by atoms with E-state index in [2.05, 4.69) is 15.3 Å². The molecule has 1 aliphatic rings. The number of carbonyl (C=O) groups excluding carboxylic acids is 1. The van der Waals surface area contributed by atoms with Crippen LogP contribution in [0.1, 0.15) is 21.1 Å². The molecule has 0 radical (unpaired) electrons. The van der Waals surface area contributed by atoms with Crippen LogP contribution in [0, 0.1) is 17.0 Å². The van der Waals surface area contributed by atoms with Crippen molar-refractivity contribution in [3.05, 3.63) is 80.3 Å². The number of aryl methyl sites for hydroxylation is 1. The molecule has 1 aromatic heterocycles. The lowest BCUT2D eigenvalue weighted by molar-refractivity contribution is -0.384. The summed E-state index contributed by atoms with van der Waals surface area (Å²) in [6.07, 6.45) is 0. The Morgan fingerprint density at radius 1 is 1.13 bits per heavy atom. The van der Waals surface area contributed by atoms with E-state index in [1.807, 2.05) is 36.1 Å². The SMILES string of the molecule is Cc1nc(CSc2ccccc2C(=O)N2CCN(c3ccc([N+](=O)[O-])cc3)CC2)cs1. The highest BCUT2D eigenvalue weighted by Gasteiger charge is 2.24. The van der Waals surface area contributed by atoms with E-state index in [9.17, 15) is 14.9 Å². The number of thioether (sulfide) groups is 1. The largest absolute Gasteiger partial charge is 0.368 e. The molecule has 2 aromatic carbocycles. The van der Waals surface area contributed by atoms with Crippen molar-refractivity contribution in [3.8, 4) is 0 Å². The molecule has 1 aliphatic heterocycles. The van der Waals surface area contributed by atoms with Crippen molar-refractivity contribution >= 4 is 40.4 Å². The highest BCUT2D eigenvalue weighted by Crippen LogP contribution is 2.28. The van der Waals surface area contributed by atoms with Crippen molar-refractivity contribution in [2.24, 2.45) is 0 Å². The van der Waals surface area contributed by atoms with E-state index in [0.717, 1.165) is 32.6 Å². The number of nitrogens with zero attached hydrogens (tertiary/aromatic N) is 4. The average Bonchev–Trinajstić information content (AvgIpc) is 3.22. The summed E-state index contributed by atoms with van der Waals surface area (Å²) >= 11 is 3.27. The molecule has 4 rings (SSSR count). The van der Waals surface area contributed by atoms with Gasteiger partial charge in [0.05, 0.1) is 21.2 Å². The molecule has 9 heteroatoms. The molecule has 160 valence electrons. The number of carbonyl (C=O) groups is 1. The fourth-order valence-electron chi connectivity index (χ4n) is 3.52. The number of non-ortho nitro benzene ring substituents is 1. The predicted octanol–water partition coefficient (Wildman–Crippen LogP) is 4.61. The summed E-state index contributed by atoms with van der Waals surface area (Å²) in [6, 6.07) is 14.3. The number of piperazine rings is 1. The van der Waals surface area contributed by atoms with Crippen LogP contribution in [-0.2, 0) is 5.75 Å². The van der Waals surface area contributed by atoms with Gasteiger partial charge in [0, 0.05) is 60.0 Å². The number of thiazole rings is 1. The summed E-state index contributed by atoms with van der Waals surface area (Å²) in [4.78, 5) is 33.2. The predicted molar refractivity (Wildman–Crippen MR) is 124 cm³/mol. The molecule has 3 aromatic rings. The van der Waals surface area contributed by atoms with E-state index in [4.69, 9.17) is 0 Å². The monoisotopic (exact) mass is 454 g/mol. The van der Waals surface area contributed by atoms with Gasteiger partial charge >= 0.3 is 0 Å². The molecule has 0 spiro atoms. The van der Waals surface area contributed by atoms with Gasteiger partial charge in [-0.05, 0) is 31.2 Å². The Balaban J connectivity index is 1.39. The Kier molecular flexibility index (Phi) is 6.53. The molecular weight excluding hydrogens is 432 g/mol. The third kappa shape index (κ3) is 5.05. The first-order chi connectivity index (χ1) is 15.0. The zero-order valence-corrected chi connectivity index (χ0v) is 18.7. The van der Waals surface area contributed by atoms with E-state index in [-0.39, 0.29) is 11.6 Å². The third-order valence-electron chi connectivity index (χ3n) is 5.15. The van der Waals surface area contributed by atoms with Gasteiger partial charge in [-0.3, -0.25) is 14.9 Å². The third-order valence-corrected chi connectivity index (χ3v) is 7.08. The first-order valence-electron chi connectivity index (χ1n) is 9.93. The second kappa shape index (κ2) is 9.49. The molecule has 7 nitrogen and oxygen atoms in total. The zero-order valence-electron chi connectivity index (χ0n) is 17.1. The minimum atomic E-state index is -0.397. The second-order valence-corrected chi connectivity index (χ2v) is 9.27. The van der Waals surface area contributed by atoms with E-state index in [0.29, 0.717) is 26.2 Å². The number of amides is 1. The summed E-state index contributed by atoms with van der Waals surface area (Å²) in [5.74, 6) is 0.781. The van der Waals surface area contributed by atoms with E-state index < -0.39 is 4.92 Å². The molecule has 2 heterocycles. The summed E-state index contributed by atoms with van der Waals surface area (Å²) in [5.41, 5.74) is 2.78. The zero-order chi connectivity index (χ0) is 21.8. The maximum absolute atomic E-state index is 13.2. The van der Waals surface area contributed by atoms with Crippen LogP contribution in [0.25, 0.3) is 0 Å². The van der Waals surface area contributed by atoms with Crippen molar-refractivity contribution in [1.29, 1.82) is 0 Å². The van der Waals surface area contributed by atoms with Crippen LogP contribution in [0.3, 0.4) is 0 Å². The van der Waals surface area contributed by atoms with E-state index >= 15 is 0 Å². The lowest BCUT2D eigenvalue weighted by Crippen LogP contribution is -2.48. The minimum absolute atomic E-state index is 0.0425. The van der Waals surface area contributed by atoms with Gasteiger partial charge in [-0.2, -0.15) is 0 Å². The number of rotatable bonds is 6. The standard InChI is InChI=1S/C22H22N4O3S2/c1-16-23-17(14-30-16)15-31-21-5-3-2-4-20(21)22(27)25-12-10-24(11-13-25)18-6-8-19(9-7-18)26(28)29/h2-9,14H,10-13,15H2,1H3. The number of aromatic nitrogens is 1. The van der Waals surface area contributed by atoms with Gasteiger partial charge in [0.25, 0.3) is 11.6 Å². The molecule has 0 aliphatic carbocycles. The lowest BCUT2D eigenvalue weighted by Gasteiger charge is -2.36. The molecule has 0 bridgehead atoms. The van der Waals surface area contributed by atoms with E-state index in [1.54, 1.807) is 35.2 Å². The summed E-state index contributed by atoms with van der Waals surface area (Å²) in [5, 5.41) is 13.9. The number of nitro groups is 1. The van der Waals surface area contributed by atoms with Gasteiger partial charge in [-0.25, -0.2) is 4.98 Å².